The highest BCUT2D eigenvalue weighted by Crippen LogP contribution is 2.59. The van der Waals surface area contributed by atoms with Gasteiger partial charge in [-0.25, -0.2) is 9.97 Å². The van der Waals surface area contributed by atoms with Crippen molar-refractivity contribution >= 4 is 21.5 Å². The second-order valence-electron chi connectivity index (χ2n) is 19.9. The summed E-state index contributed by atoms with van der Waals surface area (Å²) in [5.41, 5.74) is 21.6. The van der Waals surface area contributed by atoms with E-state index in [-0.39, 0.29) is 5.41 Å². The highest BCUT2D eigenvalue weighted by Gasteiger charge is 2.47. The van der Waals surface area contributed by atoms with Crippen molar-refractivity contribution in [2.75, 3.05) is 0 Å². The van der Waals surface area contributed by atoms with E-state index >= 15 is 0 Å². The van der Waals surface area contributed by atoms with Crippen molar-refractivity contribution in [2.24, 2.45) is 0 Å². The first-order valence-electron chi connectivity index (χ1n) is 25.1. The minimum Gasteiger partial charge on any atom is -0.228 e. The zero-order valence-corrected chi connectivity index (χ0v) is 40.1. The van der Waals surface area contributed by atoms with Gasteiger partial charge >= 0.3 is 0 Å². The highest BCUT2D eigenvalue weighted by atomic mass is 14.9. The molecule has 2 nitrogen and oxygen atoms in total. The van der Waals surface area contributed by atoms with Crippen LogP contribution in [0, 0.1) is 0 Å². The summed E-state index contributed by atoms with van der Waals surface area (Å²) >= 11 is 0. The van der Waals surface area contributed by atoms with Crippen molar-refractivity contribution in [1.82, 2.24) is 9.97 Å². The Morgan fingerprint density at radius 3 is 1.51 bits per heavy atom. The molecule has 12 aromatic rings. The van der Waals surface area contributed by atoms with Crippen LogP contribution in [0.4, 0.5) is 0 Å². The van der Waals surface area contributed by atoms with Crippen LogP contribution in [0.15, 0.2) is 255 Å². The quantitative estimate of drug-likeness (QED) is 0.159. The maximum Gasteiger partial charge on any atom is 0.160 e. The monoisotopic (exact) mass is 916 g/mol. The predicted molar refractivity (Wildman–Crippen MR) is 299 cm³/mol. The van der Waals surface area contributed by atoms with Gasteiger partial charge in [0.05, 0.1) is 16.8 Å². The lowest BCUT2D eigenvalue weighted by atomic mass is 9.67. The van der Waals surface area contributed by atoms with Gasteiger partial charge < -0.3 is 0 Å². The molecule has 0 amide bonds. The molecule has 0 N–H and O–H groups in total. The molecule has 0 fully saturated rings. The molecule has 0 aliphatic heterocycles. The van der Waals surface area contributed by atoms with Gasteiger partial charge in [0, 0.05) is 22.1 Å². The van der Waals surface area contributed by atoms with Crippen LogP contribution in [0.2, 0.25) is 0 Å². The largest absolute Gasteiger partial charge is 0.228 e. The average Bonchev–Trinajstić information content (AvgIpc) is 3.88. The number of benzene rings is 11. The van der Waals surface area contributed by atoms with Gasteiger partial charge in [0.15, 0.2) is 5.82 Å². The number of rotatable bonds is 7. The zero-order valence-electron chi connectivity index (χ0n) is 40.1. The summed E-state index contributed by atoms with van der Waals surface area (Å²) in [6.07, 6.45) is 0. The zero-order chi connectivity index (χ0) is 48.0. The first-order chi connectivity index (χ1) is 35.5. The molecule has 0 saturated carbocycles. The van der Waals surface area contributed by atoms with Gasteiger partial charge in [0.2, 0.25) is 0 Å². The summed E-state index contributed by atoms with van der Waals surface area (Å²) in [4.78, 5) is 11.2. The normalized spacial score (nSPS) is 13.6. The van der Waals surface area contributed by atoms with E-state index in [1.54, 1.807) is 0 Å². The van der Waals surface area contributed by atoms with Crippen LogP contribution in [-0.2, 0) is 10.8 Å². The molecular formula is C70H48N2. The fourth-order valence-electron chi connectivity index (χ4n) is 12.6. The van der Waals surface area contributed by atoms with E-state index in [1.165, 1.54) is 77.5 Å². The molecule has 0 spiro atoms. The Morgan fingerprint density at radius 2 is 0.792 bits per heavy atom. The number of fused-ring (bicyclic) bond motifs is 8. The van der Waals surface area contributed by atoms with E-state index in [4.69, 9.17) is 9.97 Å². The number of aromatic nitrogens is 2. The molecule has 0 atom stereocenters. The van der Waals surface area contributed by atoms with Gasteiger partial charge in [-0.3, -0.25) is 0 Å². The first kappa shape index (κ1) is 41.9. The van der Waals surface area contributed by atoms with Crippen molar-refractivity contribution < 1.29 is 0 Å². The van der Waals surface area contributed by atoms with E-state index in [0.717, 1.165) is 50.0 Å². The third-order valence-corrected chi connectivity index (χ3v) is 15.8. The van der Waals surface area contributed by atoms with Crippen LogP contribution in [0.5, 0.6) is 0 Å². The molecule has 0 saturated heterocycles. The smallest absolute Gasteiger partial charge is 0.160 e. The minimum absolute atomic E-state index is 0.187. The third-order valence-electron chi connectivity index (χ3n) is 15.8. The van der Waals surface area contributed by atoms with Crippen molar-refractivity contribution in [3.05, 3.63) is 288 Å². The Kier molecular flexibility index (Phi) is 9.50. The van der Waals surface area contributed by atoms with Crippen LogP contribution in [0.25, 0.3) is 100.0 Å². The topological polar surface area (TPSA) is 25.8 Å². The summed E-state index contributed by atoms with van der Waals surface area (Å²) < 4.78 is 0. The summed E-state index contributed by atoms with van der Waals surface area (Å²) in [5, 5.41) is 4.83. The molecule has 338 valence electrons. The predicted octanol–water partition coefficient (Wildman–Crippen LogP) is 17.8. The molecule has 1 aromatic heterocycles. The molecule has 2 aliphatic rings. The summed E-state index contributed by atoms with van der Waals surface area (Å²) in [5.74, 6) is 0.684. The van der Waals surface area contributed by atoms with Crippen LogP contribution >= 0.6 is 0 Å². The van der Waals surface area contributed by atoms with E-state index in [0.29, 0.717) is 5.82 Å². The molecule has 0 unspecified atom stereocenters. The molecule has 0 bridgehead atoms. The summed E-state index contributed by atoms with van der Waals surface area (Å²) in [6.45, 7) is 4.75. The second kappa shape index (κ2) is 16.3. The lowest BCUT2D eigenvalue weighted by Gasteiger charge is -2.34. The van der Waals surface area contributed by atoms with Crippen molar-refractivity contribution in [2.45, 2.75) is 24.7 Å². The van der Waals surface area contributed by atoms with Crippen molar-refractivity contribution in [1.29, 1.82) is 0 Å². The molecule has 72 heavy (non-hydrogen) atoms. The third kappa shape index (κ3) is 6.22. The maximum atomic E-state index is 5.61. The highest BCUT2D eigenvalue weighted by molar-refractivity contribution is 6.08. The molecule has 2 aliphatic carbocycles. The maximum absolute atomic E-state index is 5.61. The number of nitrogens with zero attached hydrogens (tertiary/aromatic N) is 2. The van der Waals surface area contributed by atoms with E-state index in [1.807, 2.05) is 0 Å². The second-order valence-corrected chi connectivity index (χ2v) is 19.9. The Balaban J connectivity index is 1.03. The molecule has 0 radical (unpaired) electrons. The van der Waals surface area contributed by atoms with Crippen LogP contribution < -0.4 is 0 Å². The Bertz CT molecular complexity index is 4070. The Morgan fingerprint density at radius 1 is 0.292 bits per heavy atom. The fourth-order valence-corrected chi connectivity index (χ4v) is 12.6. The Hall–Kier alpha value is -8.98. The van der Waals surface area contributed by atoms with E-state index in [2.05, 4.69) is 269 Å². The number of hydrogen-bond donors (Lipinski definition) is 0. The van der Waals surface area contributed by atoms with Gasteiger partial charge in [-0.2, -0.15) is 0 Å². The van der Waals surface area contributed by atoms with Crippen LogP contribution in [0.3, 0.4) is 0 Å². The SMILES string of the molecule is CC1(C)c2cc3ccccc3cc2-c2c(-c3ccc4ccccc4c3-c3cc(-c4ccccc4-c4cccc5c4-c4ccccc4C5(c4ccccc4)c4ccccc4)nc(-c4ccccc4)n3)cccc21. The fraction of sp³-hybridized carbons (Fsp3) is 0.0571. The lowest BCUT2D eigenvalue weighted by Crippen LogP contribution is -2.28. The molecule has 11 aromatic carbocycles. The first-order valence-corrected chi connectivity index (χ1v) is 25.1. The van der Waals surface area contributed by atoms with Gasteiger partial charge in [0.1, 0.15) is 0 Å². The van der Waals surface area contributed by atoms with Crippen molar-refractivity contribution in [3.63, 3.8) is 0 Å². The standard InChI is InChI=1S/C70H48N2/c1-69(2)60-38-20-36-55(66(60)58-42-47-25-12-13-26-48(47)43-62(58)69)56-41-40-45-22-14-15-31-51(45)67(56)64-44-63(71-68(72-64)46-23-6-3-7-24-46)53-33-17-16-32-52(53)54-35-21-39-61-65(54)57-34-18-19-37-59(57)70(61,49-27-8-4-9-28-49)50-29-10-5-11-30-50/h3-44H,1-2H3. The van der Waals surface area contributed by atoms with Crippen molar-refractivity contribution in [3.8, 4) is 78.4 Å². The van der Waals surface area contributed by atoms with Crippen LogP contribution in [-0.4, -0.2) is 9.97 Å². The summed E-state index contributed by atoms with van der Waals surface area (Å²) in [6, 6.07) is 93.4. The summed E-state index contributed by atoms with van der Waals surface area (Å²) in [7, 11) is 0. The van der Waals surface area contributed by atoms with Gasteiger partial charge in [0.25, 0.3) is 0 Å². The van der Waals surface area contributed by atoms with Gasteiger partial charge in [-0.05, 0) is 118 Å². The average molecular weight is 917 g/mol. The van der Waals surface area contributed by atoms with E-state index in [9.17, 15) is 0 Å². The van der Waals surface area contributed by atoms with E-state index < -0.39 is 5.41 Å². The number of hydrogen-bond acceptors (Lipinski definition) is 2. The Labute approximate surface area is 420 Å². The lowest BCUT2D eigenvalue weighted by molar-refractivity contribution is 0.661. The van der Waals surface area contributed by atoms with Gasteiger partial charge in [-0.15, -0.1) is 0 Å². The molecular weight excluding hydrogens is 869 g/mol. The molecule has 2 heteroatoms. The van der Waals surface area contributed by atoms with Crippen LogP contribution in [0.1, 0.15) is 47.2 Å². The molecule has 14 rings (SSSR count). The molecule has 1 heterocycles. The minimum atomic E-state index is -0.521. The van der Waals surface area contributed by atoms with Gasteiger partial charge in [-0.1, -0.05) is 250 Å².